The zero-order valence-electron chi connectivity index (χ0n) is 11.8. The Morgan fingerprint density at radius 2 is 1.80 bits per heavy atom. The fraction of sp³-hybridized carbons (Fsp3) is 0.235. The smallest absolute Gasteiger partial charge is 0.258 e. The first-order valence-electron chi connectivity index (χ1n) is 6.66. The summed E-state index contributed by atoms with van der Waals surface area (Å²) in [7, 11) is 0. The molecule has 0 saturated carbocycles. The van der Waals surface area contributed by atoms with Gasteiger partial charge in [-0.2, -0.15) is 0 Å². The number of rotatable bonds is 5. The van der Waals surface area contributed by atoms with E-state index in [9.17, 15) is 4.79 Å². The molecule has 3 heteroatoms. The molecular formula is C17H19NO2. The van der Waals surface area contributed by atoms with E-state index in [-0.39, 0.29) is 12.5 Å². The van der Waals surface area contributed by atoms with Crippen molar-refractivity contribution in [3.8, 4) is 5.75 Å². The zero-order chi connectivity index (χ0) is 14.4. The van der Waals surface area contributed by atoms with Gasteiger partial charge in [-0.05, 0) is 36.6 Å². The summed E-state index contributed by atoms with van der Waals surface area (Å²) in [6.07, 6.45) is 0. The first-order chi connectivity index (χ1) is 9.66. The van der Waals surface area contributed by atoms with Crippen molar-refractivity contribution in [2.45, 2.75) is 20.4 Å². The third-order valence-electron chi connectivity index (χ3n) is 3.25. The Kier molecular flexibility index (Phi) is 4.77. The van der Waals surface area contributed by atoms with E-state index >= 15 is 0 Å². The van der Waals surface area contributed by atoms with Gasteiger partial charge in [0, 0.05) is 6.54 Å². The van der Waals surface area contributed by atoms with Crippen LogP contribution in [-0.4, -0.2) is 12.5 Å². The summed E-state index contributed by atoms with van der Waals surface area (Å²) in [6, 6.07) is 15.7. The molecule has 0 spiro atoms. The maximum absolute atomic E-state index is 11.7. The molecule has 0 aromatic heterocycles. The summed E-state index contributed by atoms with van der Waals surface area (Å²) in [5.74, 6) is 0.648. The van der Waals surface area contributed by atoms with Crippen LogP contribution in [0.5, 0.6) is 5.75 Å². The highest BCUT2D eigenvalue weighted by molar-refractivity contribution is 5.77. The first kappa shape index (κ1) is 14.1. The lowest BCUT2D eigenvalue weighted by molar-refractivity contribution is -0.123. The van der Waals surface area contributed by atoms with E-state index in [1.165, 1.54) is 0 Å². The predicted molar refractivity (Wildman–Crippen MR) is 79.7 cm³/mol. The Hall–Kier alpha value is -2.29. The van der Waals surface area contributed by atoms with Crippen LogP contribution in [0.4, 0.5) is 0 Å². The van der Waals surface area contributed by atoms with Gasteiger partial charge in [-0.1, -0.05) is 42.5 Å². The molecule has 0 bridgehead atoms. The van der Waals surface area contributed by atoms with Crippen LogP contribution in [0.25, 0.3) is 0 Å². The standard InChI is InChI=1S/C17H19NO2/c1-13-7-6-10-16(14(13)2)20-12-17(19)18-11-15-8-4-3-5-9-15/h3-10H,11-12H2,1-2H3,(H,18,19). The molecule has 2 aromatic rings. The first-order valence-corrected chi connectivity index (χ1v) is 6.66. The van der Waals surface area contributed by atoms with Gasteiger partial charge in [0.15, 0.2) is 6.61 Å². The number of carbonyl (C=O) groups excluding carboxylic acids is 1. The van der Waals surface area contributed by atoms with Crippen molar-refractivity contribution >= 4 is 5.91 Å². The summed E-state index contributed by atoms with van der Waals surface area (Å²) in [5, 5.41) is 2.84. The fourth-order valence-electron chi connectivity index (χ4n) is 1.87. The second-order valence-electron chi connectivity index (χ2n) is 4.75. The number of aryl methyl sites for hydroxylation is 1. The molecule has 0 saturated heterocycles. The van der Waals surface area contributed by atoms with Gasteiger partial charge in [-0.3, -0.25) is 4.79 Å². The van der Waals surface area contributed by atoms with Crippen molar-refractivity contribution in [1.82, 2.24) is 5.32 Å². The molecule has 0 radical (unpaired) electrons. The molecule has 0 aliphatic carbocycles. The number of benzene rings is 2. The average Bonchev–Trinajstić information content (AvgIpc) is 2.48. The molecule has 3 nitrogen and oxygen atoms in total. The topological polar surface area (TPSA) is 38.3 Å². The fourth-order valence-corrected chi connectivity index (χ4v) is 1.87. The lowest BCUT2D eigenvalue weighted by Crippen LogP contribution is -2.28. The van der Waals surface area contributed by atoms with Gasteiger partial charge in [-0.25, -0.2) is 0 Å². The molecule has 0 aliphatic rings. The van der Waals surface area contributed by atoms with Crippen LogP contribution in [0.2, 0.25) is 0 Å². The molecule has 2 aromatic carbocycles. The Morgan fingerprint density at radius 3 is 2.55 bits per heavy atom. The van der Waals surface area contributed by atoms with Crippen LogP contribution in [0.3, 0.4) is 0 Å². The van der Waals surface area contributed by atoms with Crippen LogP contribution >= 0.6 is 0 Å². The van der Waals surface area contributed by atoms with Crippen molar-refractivity contribution in [2.24, 2.45) is 0 Å². The summed E-state index contributed by atoms with van der Waals surface area (Å²) in [5.41, 5.74) is 3.31. The van der Waals surface area contributed by atoms with E-state index < -0.39 is 0 Å². The van der Waals surface area contributed by atoms with E-state index in [1.54, 1.807) is 0 Å². The van der Waals surface area contributed by atoms with E-state index in [0.29, 0.717) is 6.54 Å². The number of ether oxygens (including phenoxy) is 1. The van der Waals surface area contributed by atoms with Crippen LogP contribution in [-0.2, 0) is 11.3 Å². The SMILES string of the molecule is Cc1cccc(OCC(=O)NCc2ccccc2)c1C. The highest BCUT2D eigenvalue weighted by Gasteiger charge is 2.05. The lowest BCUT2D eigenvalue weighted by atomic mass is 10.1. The van der Waals surface area contributed by atoms with Gasteiger partial charge >= 0.3 is 0 Å². The number of nitrogens with one attached hydrogen (secondary N) is 1. The largest absolute Gasteiger partial charge is 0.483 e. The van der Waals surface area contributed by atoms with Crippen molar-refractivity contribution in [3.05, 3.63) is 65.2 Å². The molecule has 0 atom stereocenters. The molecule has 0 unspecified atom stereocenters. The summed E-state index contributed by atoms with van der Waals surface area (Å²) >= 11 is 0. The lowest BCUT2D eigenvalue weighted by Gasteiger charge is -2.11. The van der Waals surface area contributed by atoms with Gasteiger partial charge in [-0.15, -0.1) is 0 Å². The Morgan fingerprint density at radius 1 is 1.05 bits per heavy atom. The van der Waals surface area contributed by atoms with Gasteiger partial charge in [0.05, 0.1) is 0 Å². The van der Waals surface area contributed by atoms with E-state index in [0.717, 1.165) is 22.4 Å². The second kappa shape index (κ2) is 6.75. The third-order valence-corrected chi connectivity index (χ3v) is 3.25. The normalized spacial score (nSPS) is 10.1. The minimum absolute atomic E-state index is 0.0388. The van der Waals surface area contributed by atoms with Gasteiger partial charge in [0.2, 0.25) is 0 Å². The zero-order valence-corrected chi connectivity index (χ0v) is 11.8. The van der Waals surface area contributed by atoms with E-state index in [1.807, 2.05) is 62.4 Å². The van der Waals surface area contributed by atoms with Crippen LogP contribution in [0.1, 0.15) is 16.7 Å². The minimum atomic E-state index is -0.116. The van der Waals surface area contributed by atoms with Gasteiger partial charge in [0.25, 0.3) is 5.91 Å². The maximum atomic E-state index is 11.7. The van der Waals surface area contributed by atoms with Gasteiger partial charge in [0.1, 0.15) is 5.75 Å². The quantitative estimate of drug-likeness (QED) is 0.906. The highest BCUT2D eigenvalue weighted by Crippen LogP contribution is 2.20. The summed E-state index contributed by atoms with van der Waals surface area (Å²) < 4.78 is 5.56. The second-order valence-corrected chi connectivity index (χ2v) is 4.75. The Bertz CT molecular complexity index is 579. The van der Waals surface area contributed by atoms with Crippen LogP contribution in [0.15, 0.2) is 48.5 Å². The van der Waals surface area contributed by atoms with E-state index in [4.69, 9.17) is 4.74 Å². The number of hydrogen-bond acceptors (Lipinski definition) is 2. The molecule has 1 N–H and O–H groups in total. The number of carbonyl (C=O) groups is 1. The molecule has 0 aliphatic heterocycles. The Balaban J connectivity index is 1.82. The van der Waals surface area contributed by atoms with Crippen molar-refractivity contribution in [3.63, 3.8) is 0 Å². The molecule has 1 amide bonds. The number of amides is 1. The average molecular weight is 269 g/mol. The molecule has 104 valence electrons. The molecule has 0 fully saturated rings. The maximum Gasteiger partial charge on any atom is 0.258 e. The molecular weight excluding hydrogens is 250 g/mol. The van der Waals surface area contributed by atoms with Crippen molar-refractivity contribution in [2.75, 3.05) is 6.61 Å². The molecule has 0 heterocycles. The van der Waals surface area contributed by atoms with Crippen LogP contribution < -0.4 is 10.1 Å². The highest BCUT2D eigenvalue weighted by atomic mass is 16.5. The third kappa shape index (κ3) is 3.85. The van der Waals surface area contributed by atoms with Gasteiger partial charge < -0.3 is 10.1 Å². The summed E-state index contributed by atoms with van der Waals surface area (Å²) in [4.78, 5) is 11.7. The minimum Gasteiger partial charge on any atom is -0.483 e. The molecule has 2 rings (SSSR count). The predicted octanol–water partition coefficient (Wildman–Crippen LogP) is 3.00. The monoisotopic (exact) mass is 269 g/mol. The summed E-state index contributed by atoms with van der Waals surface area (Å²) in [6.45, 7) is 4.58. The number of hydrogen-bond donors (Lipinski definition) is 1. The van der Waals surface area contributed by atoms with Crippen molar-refractivity contribution < 1.29 is 9.53 Å². The van der Waals surface area contributed by atoms with Crippen LogP contribution in [0, 0.1) is 13.8 Å². The van der Waals surface area contributed by atoms with Crippen molar-refractivity contribution in [1.29, 1.82) is 0 Å². The molecule has 20 heavy (non-hydrogen) atoms. The Labute approximate surface area is 119 Å². The van der Waals surface area contributed by atoms with E-state index in [2.05, 4.69) is 5.32 Å².